The fraction of sp³-hybridized carbons (Fsp3) is 0.533. The van der Waals surface area contributed by atoms with Crippen LogP contribution >= 0.6 is 0 Å². The molecule has 3 heteroatoms. The van der Waals surface area contributed by atoms with E-state index in [9.17, 15) is 4.79 Å². The van der Waals surface area contributed by atoms with Gasteiger partial charge in [-0.2, -0.15) is 0 Å². The van der Waals surface area contributed by atoms with E-state index in [0.29, 0.717) is 11.8 Å². The number of carbonyl (C=O) groups is 1. The Kier molecular flexibility index (Phi) is 2.77. The van der Waals surface area contributed by atoms with Gasteiger partial charge in [0, 0.05) is 30.6 Å². The highest BCUT2D eigenvalue weighted by Gasteiger charge is 2.47. The van der Waals surface area contributed by atoms with Gasteiger partial charge in [-0.3, -0.25) is 4.79 Å². The lowest BCUT2D eigenvalue weighted by Gasteiger charge is -2.57. The van der Waals surface area contributed by atoms with Gasteiger partial charge in [0.15, 0.2) is 0 Å². The Bertz CT molecular complexity index is 457. The quantitative estimate of drug-likeness (QED) is 0.886. The third-order valence-electron chi connectivity index (χ3n) is 4.41. The molecule has 0 radical (unpaired) electrons. The molecule has 2 fully saturated rings. The van der Waals surface area contributed by atoms with Gasteiger partial charge in [-0.1, -0.05) is 24.6 Å². The molecule has 96 valence electrons. The molecule has 0 bridgehead atoms. The van der Waals surface area contributed by atoms with Crippen molar-refractivity contribution in [2.45, 2.75) is 32.1 Å². The Hall–Kier alpha value is -1.51. The zero-order valence-corrected chi connectivity index (χ0v) is 10.6. The van der Waals surface area contributed by atoms with Crippen LogP contribution in [0.5, 0.6) is 0 Å². The van der Waals surface area contributed by atoms with E-state index in [2.05, 4.69) is 17.0 Å². The molecule has 1 saturated carbocycles. The summed E-state index contributed by atoms with van der Waals surface area (Å²) in [4.78, 5) is 13.1. The largest absolute Gasteiger partial charge is 0.481 e. The second kappa shape index (κ2) is 4.30. The average Bonchev–Trinajstić information content (AvgIpc) is 2.24. The molecule has 1 N–H and O–H groups in total. The highest BCUT2D eigenvalue weighted by Crippen LogP contribution is 2.49. The highest BCUT2D eigenvalue weighted by molar-refractivity contribution is 5.68. The number of benzene rings is 1. The lowest BCUT2D eigenvalue weighted by atomic mass is 9.63. The first kappa shape index (κ1) is 11.6. The van der Waals surface area contributed by atoms with Gasteiger partial charge in [0.05, 0.1) is 0 Å². The standard InChI is InChI=1S/C15H19NO2/c17-14(18)7-6-12-4-1-2-5-13(12)16-10-15(11-16)8-3-9-15/h1-2,4-5H,3,6-11H2,(H,17,18). The summed E-state index contributed by atoms with van der Waals surface area (Å²) in [5.41, 5.74) is 3.03. The molecule has 1 spiro atoms. The molecule has 1 aromatic carbocycles. The van der Waals surface area contributed by atoms with Gasteiger partial charge in [0.2, 0.25) is 0 Å². The SMILES string of the molecule is O=C(O)CCc1ccccc1N1CC2(CCC2)C1. The minimum atomic E-state index is -0.719. The van der Waals surface area contributed by atoms with Crippen molar-refractivity contribution >= 4 is 11.7 Å². The zero-order valence-electron chi connectivity index (χ0n) is 10.6. The number of aliphatic carboxylic acids is 1. The van der Waals surface area contributed by atoms with Crippen molar-refractivity contribution in [3.63, 3.8) is 0 Å². The van der Waals surface area contributed by atoms with E-state index >= 15 is 0 Å². The van der Waals surface area contributed by atoms with Crippen LogP contribution in [0.4, 0.5) is 5.69 Å². The molecule has 0 atom stereocenters. The first-order valence-electron chi connectivity index (χ1n) is 6.73. The first-order chi connectivity index (χ1) is 8.69. The van der Waals surface area contributed by atoms with E-state index in [1.165, 1.54) is 30.5 Å². The van der Waals surface area contributed by atoms with Gasteiger partial charge in [0.25, 0.3) is 0 Å². The number of rotatable bonds is 4. The fourth-order valence-electron chi connectivity index (χ4n) is 3.20. The molecule has 18 heavy (non-hydrogen) atoms. The van der Waals surface area contributed by atoms with Gasteiger partial charge in [-0.05, 0) is 30.9 Å². The lowest BCUT2D eigenvalue weighted by Crippen LogP contribution is -2.60. The number of carboxylic acids is 1. The predicted octanol–water partition coefficient (Wildman–Crippen LogP) is 2.69. The monoisotopic (exact) mass is 245 g/mol. The van der Waals surface area contributed by atoms with E-state index in [0.717, 1.165) is 13.1 Å². The minimum absolute atomic E-state index is 0.218. The van der Waals surface area contributed by atoms with Crippen LogP contribution in [0.1, 0.15) is 31.2 Å². The molecule has 1 saturated heterocycles. The Balaban J connectivity index is 1.69. The van der Waals surface area contributed by atoms with Crippen LogP contribution in [0, 0.1) is 5.41 Å². The Morgan fingerprint density at radius 1 is 1.28 bits per heavy atom. The van der Waals surface area contributed by atoms with Gasteiger partial charge in [-0.15, -0.1) is 0 Å². The topological polar surface area (TPSA) is 40.5 Å². The molecular formula is C15H19NO2. The number of anilines is 1. The number of hydrogen-bond acceptors (Lipinski definition) is 2. The summed E-state index contributed by atoms with van der Waals surface area (Å²) in [5, 5.41) is 8.79. The summed E-state index contributed by atoms with van der Waals surface area (Å²) < 4.78 is 0. The van der Waals surface area contributed by atoms with Gasteiger partial charge in [-0.25, -0.2) is 0 Å². The summed E-state index contributed by atoms with van der Waals surface area (Å²) in [6.07, 6.45) is 4.99. The van der Waals surface area contributed by atoms with Crippen molar-refractivity contribution < 1.29 is 9.90 Å². The number of carboxylic acid groups (broad SMARTS) is 1. The molecular weight excluding hydrogens is 226 g/mol. The second-order valence-corrected chi connectivity index (χ2v) is 5.73. The van der Waals surface area contributed by atoms with Gasteiger partial charge in [0.1, 0.15) is 0 Å². The maximum atomic E-state index is 10.7. The molecule has 0 aromatic heterocycles. The molecule has 1 aliphatic carbocycles. The van der Waals surface area contributed by atoms with Crippen molar-refractivity contribution in [3.05, 3.63) is 29.8 Å². The van der Waals surface area contributed by atoms with Crippen LogP contribution in [-0.4, -0.2) is 24.2 Å². The van der Waals surface area contributed by atoms with Gasteiger partial charge >= 0.3 is 5.97 Å². The van der Waals surface area contributed by atoms with Crippen molar-refractivity contribution in [3.8, 4) is 0 Å². The number of nitrogens with zero attached hydrogens (tertiary/aromatic N) is 1. The Morgan fingerprint density at radius 3 is 2.61 bits per heavy atom. The summed E-state index contributed by atoms with van der Waals surface area (Å²) in [7, 11) is 0. The molecule has 0 unspecified atom stereocenters. The molecule has 3 rings (SSSR count). The smallest absolute Gasteiger partial charge is 0.303 e. The molecule has 1 aromatic rings. The van der Waals surface area contributed by atoms with Crippen LogP contribution < -0.4 is 4.90 Å². The molecule has 2 aliphatic rings. The highest BCUT2D eigenvalue weighted by atomic mass is 16.4. The van der Waals surface area contributed by atoms with E-state index < -0.39 is 5.97 Å². The van der Waals surface area contributed by atoms with Crippen LogP contribution in [0.15, 0.2) is 24.3 Å². The maximum Gasteiger partial charge on any atom is 0.303 e. The van der Waals surface area contributed by atoms with E-state index in [-0.39, 0.29) is 6.42 Å². The zero-order chi connectivity index (χ0) is 12.6. The predicted molar refractivity (Wildman–Crippen MR) is 70.9 cm³/mol. The summed E-state index contributed by atoms with van der Waals surface area (Å²) in [6.45, 7) is 2.33. The third kappa shape index (κ3) is 1.98. The van der Waals surface area contributed by atoms with Crippen molar-refractivity contribution in [2.75, 3.05) is 18.0 Å². The van der Waals surface area contributed by atoms with Crippen molar-refractivity contribution in [1.29, 1.82) is 0 Å². The normalized spacial score (nSPS) is 20.3. The minimum Gasteiger partial charge on any atom is -0.481 e. The van der Waals surface area contributed by atoms with Crippen LogP contribution in [-0.2, 0) is 11.2 Å². The van der Waals surface area contributed by atoms with E-state index in [1.54, 1.807) is 0 Å². The first-order valence-corrected chi connectivity index (χ1v) is 6.73. The average molecular weight is 245 g/mol. The van der Waals surface area contributed by atoms with E-state index in [1.807, 2.05) is 12.1 Å². The Labute approximate surface area is 107 Å². The number of para-hydroxylation sites is 1. The van der Waals surface area contributed by atoms with Crippen LogP contribution in [0.25, 0.3) is 0 Å². The molecule has 1 aliphatic heterocycles. The third-order valence-corrected chi connectivity index (χ3v) is 4.41. The lowest BCUT2D eigenvalue weighted by molar-refractivity contribution is -0.136. The summed E-state index contributed by atoms with van der Waals surface area (Å²) in [6, 6.07) is 8.23. The molecule has 1 heterocycles. The number of aryl methyl sites for hydroxylation is 1. The number of hydrogen-bond donors (Lipinski definition) is 1. The second-order valence-electron chi connectivity index (χ2n) is 5.73. The van der Waals surface area contributed by atoms with Crippen LogP contribution in [0.3, 0.4) is 0 Å². The summed E-state index contributed by atoms with van der Waals surface area (Å²) >= 11 is 0. The fourth-order valence-corrected chi connectivity index (χ4v) is 3.20. The Morgan fingerprint density at radius 2 is 2.00 bits per heavy atom. The molecule has 3 nitrogen and oxygen atoms in total. The summed E-state index contributed by atoms with van der Waals surface area (Å²) in [5.74, 6) is -0.719. The van der Waals surface area contributed by atoms with E-state index in [4.69, 9.17) is 5.11 Å². The van der Waals surface area contributed by atoms with Gasteiger partial charge < -0.3 is 10.0 Å². The van der Waals surface area contributed by atoms with Crippen molar-refractivity contribution in [2.24, 2.45) is 5.41 Å². The molecule has 0 amide bonds. The maximum absolute atomic E-state index is 10.7. The van der Waals surface area contributed by atoms with Crippen LogP contribution in [0.2, 0.25) is 0 Å². The van der Waals surface area contributed by atoms with Crippen molar-refractivity contribution in [1.82, 2.24) is 0 Å².